The van der Waals surface area contributed by atoms with Crippen molar-refractivity contribution < 1.29 is 4.79 Å². The molecule has 1 fully saturated rings. The first-order valence-corrected chi connectivity index (χ1v) is 7.68. The lowest BCUT2D eigenvalue weighted by atomic mass is 9.93. The van der Waals surface area contributed by atoms with Gasteiger partial charge in [-0.25, -0.2) is 0 Å². The van der Waals surface area contributed by atoms with Gasteiger partial charge in [0.15, 0.2) is 0 Å². The SMILES string of the molecule is N#Cc1cc(Br)ccc1NC(=O)CCC1CCNCC1. The second-order valence-corrected chi connectivity index (χ2v) is 6.00. The lowest BCUT2D eigenvalue weighted by molar-refractivity contribution is -0.116. The van der Waals surface area contributed by atoms with E-state index >= 15 is 0 Å². The molecule has 2 rings (SSSR count). The van der Waals surface area contributed by atoms with Gasteiger partial charge in [-0.15, -0.1) is 0 Å². The number of halogens is 1. The number of hydrogen-bond donors (Lipinski definition) is 2. The first-order chi connectivity index (χ1) is 9.69. The topological polar surface area (TPSA) is 64.9 Å². The standard InChI is InChI=1S/C15H18BrN3O/c16-13-2-3-14(12(9-13)10-17)19-15(20)4-1-11-5-7-18-8-6-11/h2-3,9,11,18H,1,4-8H2,(H,19,20). The summed E-state index contributed by atoms with van der Waals surface area (Å²) < 4.78 is 0.835. The first kappa shape index (κ1) is 15.0. The Morgan fingerprint density at radius 2 is 2.20 bits per heavy atom. The minimum absolute atomic E-state index is 0.0117. The van der Waals surface area contributed by atoms with Gasteiger partial charge in [-0.3, -0.25) is 4.79 Å². The Morgan fingerprint density at radius 1 is 1.45 bits per heavy atom. The average Bonchev–Trinajstić information content (AvgIpc) is 2.48. The van der Waals surface area contributed by atoms with E-state index < -0.39 is 0 Å². The zero-order chi connectivity index (χ0) is 14.4. The number of hydrogen-bond acceptors (Lipinski definition) is 3. The smallest absolute Gasteiger partial charge is 0.224 e. The van der Waals surface area contributed by atoms with Crippen LogP contribution in [0.15, 0.2) is 22.7 Å². The third-order valence-electron chi connectivity index (χ3n) is 3.61. The van der Waals surface area contributed by atoms with Crippen molar-refractivity contribution in [3.05, 3.63) is 28.2 Å². The van der Waals surface area contributed by atoms with Crippen molar-refractivity contribution in [3.8, 4) is 6.07 Å². The fourth-order valence-electron chi connectivity index (χ4n) is 2.44. The van der Waals surface area contributed by atoms with Crippen LogP contribution in [0.4, 0.5) is 5.69 Å². The molecular formula is C15H18BrN3O. The van der Waals surface area contributed by atoms with E-state index in [2.05, 4.69) is 32.6 Å². The molecule has 20 heavy (non-hydrogen) atoms. The van der Waals surface area contributed by atoms with Gasteiger partial charge in [0.2, 0.25) is 5.91 Å². The number of amides is 1. The lowest BCUT2D eigenvalue weighted by Gasteiger charge is -2.22. The van der Waals surface area contributed by atoms with Gasteiger partial charge in [0.1, 0.15) is 6.07 Å². The number of anilines is 1. The van der Waals surface area contributed by atoms with Crippen LogP contribution in [0.25, 0.3) is 0 Å². The summed E-state index contributed by atoms with van der Waals surface area (Å²) in [5.41, 5.74) is 1.07. The van der Waals surface area contributed by atoms with Gasteiger partial charge in [-0.05, 0) is 56.5 Å². The summed E-state index contributed by atoms with van der Waals surface area (Å²) in [5.74, 6) is 0.629. The Balaban J connectivity index is 1.86. The van der Waals surface area contributed by atoms with E-state index in [1.54, 1.807) is 12.1 Å². The Bertz CT molecular complexity index is 518. The number of carbonyl (C=O) groups excluding carboxylic acids is 1. The lowest BCUT2D eigenvalue weighted by Crippen LogP contribution is -2.28. The molecule has 0 aromatic heterocycles. The Hall–Kier alpha value is -1.38. The molecule has 0 radical (unpaired) electrons. The molecule has 1 aliphatic rings. The Labute approximate surface area is 127 Å². The fraction of sp³-hybridized carbons (Fsp3) is 0.467. The number of nitriles is 1. The van der Waals surface area contributed by atoms with Gasteiger partial charge < -0.3 is 10.6 Å². The number of piperidine rings is 1. The van der Waals surface area contributed by atoms with E-state index in [1.807, 2.05) is 6.07 Å². The van der Waals surface area contributed by atoms with E-state index in [4.69, 9.17) is 5.26 Å². The van der Waals surface area contributed by atoms with Gasteiger partial charge in [0, 0.05) is 10.9 Å². The van der Waals surface area contributed by atoms with Gasteiger partial charge in [-0.2, -0.15) is 5.26 Å². The maximum atomic E-state index is 12.0. The molecule has 1 heterocycles. The minimum Gasteiger partial charge on any atom is -0.325 e. The average molecular weight is 336 g/mol. The molecule has 1 aromatic carbocycles. The van der Waals surface area contributed by atoms with E-state index in [9.17, 15) is 4.79 Å². The van der Waals surface area contributed by atoms with Crippen molar-refractivity contribution in [2.75, 3.05) is 18.4 Å². The third kappa shape index (κ3) is 4.32. The van der Waals surface area contributed by atoms with Crippen molar-refractivity contribution in [2.45, 2.75) is 25.7 Å². The number of nitrogens with one attached hydrogen (secondary N) is 2. The summed E-state index contributed by atoms with van der Waals surface area (Å²) >= 11 is 3.32. The summed E-state index contributed by atoms with van der Waals surface area (Å²) in [6, 6.07) is 7.38. The van der Waals surface area contributed by atoms with Crippen LogP contribution in [-0.2, 0) is 4.79 Å². The molecule has 1 amide bonds. The predicted molar refractivity (Wildman–Crippen MR) is 82.3 cm³/mol. The number of rotatable bonds is 4. The summed E-state index contributed by atoms with van der Waals surface area (Å²) in [6.45, 7) is 2.11. The van der Waals surface area contributed by atoms with Crippen molar-refractivity contribution in [1.29, 1.82) is 5.26 Å². The second-order valence-electron chi connectivity index (χ2n) is 5.08. The highest BCUT2D eigenvalue weighted by Gasteiger charge is 2.15. The molecule has 1 aliphatic heterocycles. The largest absolute Gasteiger partial charge is 0.325 e. The van der Waals surface area contributed by atoms with Crippen LogP contribution in [-0.4, -0.2) is 19.0 Å². The van der Waals surface area contributed by atoms with Crippen LogP contribution in [0.5, 0.6) is 0 Å². The van der Waals surface area contributed by atoms with Crippen LogP contribution in [0.2, 0.25) is 0 Å². The van der Waals surface area contributed by atoms with Crippen LogP contribution in [0.3, 0.4) is 0 Å². The van der Waals surface area contributed by atoms with Crippen molar-refractivity contribution >= 4 is 27.5 Å². The summed E-state index contributed by atoms with van der Waals surface area (Å²) in [7, 11) is 0. The minimum atomic E-state index is -0.0117. The second kappa shape index (κ2) is 7.41. The van der Waals surface area contributed by atoms with Gasteiger partial charge in [-0.1, -0.05) is 15.9 Å². The van der Waals surface area contributed by atoms with E-state index in [0.29, 0.717) is 23.6 Å². The number of carbonyl (C=O) groups is 1. The highest BCUT2D eigenvalue weighted by atomic mass is 79.9. The molecule has 1 aromatic rings. The normalized spacial score (nSPS) is 15.6. The van der Waals surface area contributed by atoms with Crippen LogP contribution >= 0.6 is 15.9 Å². The molecule has 0 spiro atoms. The zero-order valence-electron chi connectivity index (χ0n) is 11.3. The van der Waals surface area contributed by atoms with Gasteiger partial charge >= 0.3 is 0 Å². The quantitative estimate of drug-likeness (QED) is 0.888. The molecular weight excluding hydrogens is 318 g/mol. The summed E-state index contributed by atoms with van der Waals surface area (Å²) in [6.07, 6.45) is 3.74. The number of benzene rings is 1. The van der Waals surface area contributed by atoms with E-state index in [0.717, 1.165) is 36.8 Å². The van der Waals surface area contributed by atoms with Crippen LogP contribution in [0, 0.1) is 17.2 Å². The molecule has 1 saturated heterocycles. The Kier molecular flexibility index (Phi) is 5.57. The maximum absolute atomic E-state index is 12.0. The summed E-state index contributed by atoms with van der Waals surface area (Å²) in [4.78, 5) is 12.0. The van der Waals surface area contributed by atoms with Crippen molar-refractivity contribution in [3.63, 3.8) is 0 Å². The van der Waals surface area contributed by atoms with Gasteiger partial charge in [0.25, 0.3) is 0 Å². The van der Waals surface area contributed by atoms with Crippen LogP contribution in [0.1, 0.15) is 31.2 Å². The first-order valence-electron chi connectivity index (χ1n) is 6.89. The van der Waals surface area contributed by atoms with Crippen molar-refractivity contribution in [1.82, 2.24) is 5.32 Å². The molecule has 0 bridgehead atoms. The van der Waals surface area contributed by atoms with Crippen LogP contribution < -0.4 is 10.6 Å². The molecule has 5 heteroatoms. The maximum Gasteiger partial charge on any atom is 0.224 e. The molecule has 0 unspecified atom stereocenters. The van der Waals surface area contributed by atoms with Crippen molar-refractivity contribution in [2.24, 2.45) is 5.92 Å². The highest BCUT2D eigenvalue weighted by molar-refractivity contribution is 9.10. The van der Waals surface area contributed by atoms with Gasteiger partial charge in [0.05, 0.1) is 11.3 Å². The zero-order valence-corrected chi connectivity index (χ0v) is 12.9. The molecule has 2 N–H and O–H groups in total. The highest BCUT2D eigenvalue weighted by Crippen LogP contribution is 2.22. The number of nitrogens with zero attached hydrogens (tertiary/aromatic N) is 1. The molecule has 0 aliphatic carbocycles. The van der Waals surface area contributed by atoms with E-state index in [-0.39, 0.29) is 5.91 Å². The fourth-order valence-corrected chi connectivity index (χ4v) is 2.80. The van der Waals surface area contributed by atoms with E-state index in [1.165, 1.54) is 0 Å². The summed E-state index contributed by atoms with van der Waals surface area (Å²) in [5, 5.41) is 15.2. The molecule has 0 atom stereocenters. The predicted octanol–water partition coefficient (Wildman–Crippen LogP) is 3.04. The molecule has 0 saturated carbocycles. The molecule has 106 valence electrons. The monoisotopic (exact) mass is 335 g/mol. The molecule has 4 nitrogen and oxygen atoms in total. The third-order valence-corrected chi connectivity index (χ3v) is 4.11. The Morgan fingerprint density at radius 3 is 2.90 bits per heavy atom.